The summed E-state index contributed by atoms with van der Waals surface area (Å²) in [6.07, 6.45) is 3.52. The third-order valence-electron chi connectivity index (χ3n) is 4.74. The zero-order valence-electron chi connectivity index (χ0n) is 14.7. The summed E-state index contributed by atoms with van der Waals surface area (Å²) in [5, 5.41) is 7.60. The molecule has 0 aliphatic heterocycles. The third-order valence-corrected chi connectivity index (χ3v) is 5.26. The Labute approximate surface area is 160 Å². The van der Waals surface area contributed by atoms with E-state index in [0.717, 1.165) is 34.3 Å². The Balaban J connectivity index is 1.52. The van der Waals surface area contributed by atoms with Crippen LogP contribution in [-0.4, -0.2) is 20.7 Å². The molecule has 0 radical (unpaired) electrons. The zero-order valence-corrected chi connectivity index (χ0v) is 16.2. The number of halogens is 1. The largest absolute Gasteiger partial charge is 0.342 e. The normalized spacial score (nSPS) is 14.9. The molecule has 4 rings (SSSR count). The topological polar surface area (TPSA) is 59.8 Å². The SMILES string of the molecule is Cc1cc(C)n(-c2ccc(C(=O)NC3(c4ccc(Br)cc4)CC3)cn2)n1. The molecule has 5 nitrogen and oxygen atoms in total. The van der Waals surface area contributed by atoms with Gasteiger partial charge < -0.3 is 5.32 Å². The zero-order chi connectivity index (χ0) is 18.3. The minimum atomic E-state index is -0.244. The van der Waals surface area contributed by atoms with Crippen molar-refractivity contribution < 1.29 is 4.79 Å². The first-order valence-corrected chi connectivity index (χ1v) is 9.34. The van der Waals surface area contributed by atoms with Crippen LogP contribution in [0.3, 0.4) is 0 Å². The second-order valence-electron chi connectivity index (χ2n) is 6.79. The van der Waals surface area contributed by atoms with E-state index in [2.05, 4.69) is 43.5 Å². The molecule has 26 heavy (non-hydrogen) atoms. The maximum absolute atomic E-state index is 12.7. The van der Waals surface area contributed by atoms with Gasteiger partial charge in [-0.15, -0.1) is 0 Å². The number of carbonyl (C=O) groups excluding carboxylic acids is 1. The van der Waals surface area contributed by atoms with Crippen molar-refractivity contribution in [2.45, 2.75) is 32.2 Å². The van der Waals surface area contributed by atoms with Gasteiger partial charge in [0.2, 0.25) is 0 Å². The Kier molecular flexibility index (Phi) is 4.15. The van der Waals surface area contributed by atoms with Crippen molar-refractivity contribution in [3.63, 3.8) is 0 Å². The van der Waals surface area contributed by atoms with Crippen LogP contribution in [0.15, 0.2) is 53.1 Å². The summed E-state index contributed by atoms with van der Waals surface area (Å²) in [7, 11) is 0. The first-order chi connectivity index (χ1) is 12.5. The molecule has 0 spiro atoms. The number of carbonyl (C=O) groups is 1. The molecule has 2 heterocycles. The van der Waals surface area contributed by atoms with Crippen molar-refractivity contribution in [1.82, 2.24) is 20.1 Å². The van der Waals surface area contributed by atoms with Crippen molar-refractivity contribution >= 4 is 21.8 Å². The Morgan fingerprint density at radius 1 is 1.15 bits per heavy atom. The highest BCUT2D eigenvalue weighted by Crippen LogP contribution is 2.45. The fourth-order valence-electron chi connectivity index (χ4n) is 3.18. The van der Waals surface area contributed by atoms with Crippen molar-refractivity contribution in [1.29, 1.82) is 0 Å². The van der Waals surface area contributed by atoms with Crippen LogP contribution in [0, 0.1) is 13.8 Å². The summed E-state index contributed by atoms with van der Waals surface area (Å²) in [6, 6.07) is 13.7. The maximum atomic E-state index is 12.7. The van der Waals surface area contributed by atoms with Crippen LogP contribution in [0.5, 0.6) is 0 Å². The Morgan fingerprint density at radius 3 is 2.42 bits per heavy atom. The number of hydrogen-bond acceptors (Lipinski definition) is 3. The Hall–Kier alpha value is -2.47. The fourth-order valence-corrected chi connectivity index (χ4v) is 3.44. The summed E-state index contributed by atoms with van der Waals surface area (Å²) in [5.41, 5.74) is 3.40. The summed E-state index contributed by atoms with van der Waals surface area (Å²) in [5.74, 6) is 0.610. The van der Waals surface area contributed by atoms with Crippen LogP contribution in [0.2, 0.25) is 0 Å². The third kappa shape index (κ3) is 3.17. The number of amides is 1. The number of aromatic nitrogens is 3. The molecule has 132 valence electrons. The molecule has 0 bridgehead atoms. The minimum Gasteiger partial charge on any atom is -0.342 e. The molecule has 1 fully saturated rings. The van der Waals surface area contributed by atoms with E-state index in [1.54, 1.807) is 16.9 Å². The molecule has 3 aromatic rings. The molecule has 1 saturated carbocycles. The Morgan fingerprint density at radius 2 is 1.88 bits per heavy atom. The van der Waals surface area contributed by atoms with Crippen LogP contribution in [0.4, 0.5) is 0 Å². The summed E-state index contributed by atoms with van der Waals surface area (Å²) >= 11 is 3.45. The van der Waals surface area contributed by atoms with Crippen molar-refractivity contribution in [3.05, 3.63) is 75.6 Å². The van der Waals surface area contributed by atoms with E-state index in [1.807, 2.05) is 38.1 Å². The van der Waals surface area contributed by atoms with Gasteiger partial charge in [0, 0.05) is 16.4 Å². The average molecular weight is 411 g/mol. The molecule has 1 aromatic carbocycles. The standard InChI is InChI=1S/C20H19BrN4O/c1-13-11-14(2)25(24-13)18-8-3-15(12-22-18)19(26)23-20(9-10-20)16-4-6-17(21)7-5-16/h3-8,11-12H,9-10H2,1-2H3,(H,23,26). The van der Waals surface area contributed by atoms with Crippen LogP contribution < -0.4 is 5.32 Å². The lowest BCUT2D eigenvalue weighted by molar-refractivity contribution is 0.0930. The van der Waals surface area contributed by atoms with Crippen molar-refractivity contribution in [2.24, 2.45) is 0 Å². The van der Waals surface area contributed by atoms with Crippen LogP contribution >= 0.6 is 15.9 Å². The lowest BCUT2D eigenvalue weighted by Gasteiger charge is -2.18. The van der Waals surface area contributed by atoms with Gasteiger partial charge in [-0.25, -0.2) is 9.67 Å². The number of aryl methyl sites for hydroxylation is 2. The van der Waals surface area contributed by atoms with Gasteiger partial charge in [-0.2, -0.15) is 5.10 Å². The molecule has 0 saturated heterocycles. The summed E-state index contributed by atoms with van der Waals surface area (Å²) in [6.45, 7) is 3.93. The second-order valence-corrected chi connectivity index (χ2v) is 7.70. The lowest BCUT2D eigenvalue weighted by atomic mass is 10.0. The van der Waals surface area contributed by atoms with Crippen LogP contribution in [-0.2, 0) is 5.54 Å². The minimum absolute atomic E-state index is 0.0992. The second kappa shape index (κ2) is 6.36. The Bertz CT molecular complexity index is 956. The highest BCUT2D eigenvalue weighted by Gasteiger charge is 2.45. The van der Waals surface area contributed by atoms with Gasteiger partial charge in [0.25, 0.3) is 5.91 Å². The molecule has 6 heteroatoms. The monoisotopic (exact) mass is 410 g/mol. The number of nitrogens with one attached hydrogen (secondary N) is 1. The number of pyridine rings is 1. The van der Waals surface area contributed by atoms with Gasteiger partial charge >= 0.3 is 0 Å². The van der Waals surface area contributed by atoms with Crippen LogP contribution in [0.25, 0.3) is 5.82 Å². The first-order valence-electron chi connectivity index (χ1n) is 8.55. The van der Waals surface area contributed by atoms with E-state index in [4.69, 9.17) is 0 Å². The number of hydrogen-bond donors (Lipinski definition) is 1. The smallest absolute Gasteiger partial charge is 0.253 e. The number of nitrogens with zero attached hydrogens (tertiary/aromatic N) is 3. The number of benzene rings is 1. The van der Waals surface area contributed by atoms with Gasteiger partial charge in [-0.1, -0.05) is 28.1 Å². The van der Waals surface area contributed by atoms with Gasteiger partial charge in [0.15, 0.2) is 5.82 Å². The quantitative estimate of drug-likeness (QED) is 0.704. The predicted molar refractivity (Wildman–Crippen MR) is 103 cm³/mol. The van der Waals surface area contributed by atoms with Gasteiger partial charge in [-0.05, 0) is 62.6 Å². The average Bonchev–Trinajstić information content (AvgIpc) is 3.32. The van der Waals surface area contributed by atoms with E-state index < -0.39 is 0 Å². The highest BCUT2D eigenvalue weighted by atomic mass is 79.9. The van der Waals surface area contributed by atoms with E-state index in [9.17, 15) is 4.79 Å². The van der Waals surface area contributed by atoms with Gasteiger partial charge in [0.1, 0.15) is 0 Å². The predicted octanol–water partition coefficient (Wildman–Crippen LogP) is 4.07. The highest BCUT2D eigenvalue weighted by molar-refractivity contribution is 9.10. The van der Waals surface area contributed by atoms with E-state index in [-0.39, 0.29) is 11.4 Å². The molecular weight excluding hydrogens is 392 g/mol. The molecule has 1 aliphatic carbocycles. The lowest BCUT2D eigenvalue weighted by Crippen LogP contribution is -2.34. The van der Waals surface area contributed by atoms with Crippen molar-refractivity contribution in [2.75, 3.05) is 0 Å². The molecular formula is C20H19BrN4O. The molecule has 1 amide bonds. The van der Waals surface area contributed by atoms with E-state index in [1.165, 1.54) is 0 Å². The van der Waals surface area contributed by atoms with Gasteiger partial charge in [-0.3, -0.25) is 4.79 Å². The summed E-state index contributed by atoms with van der Waals surface area (Å²) in [4.78, 5) is 17.1. The maximum Gasteiger partial charge on any atom is 0.253 e. The van der Waals surface area contributed by atoms with Gasteiger partial charge in [0.05, 0.1) is 16.8 Å². The summed E-state index contributed by atoms with van der Waals surface area (Å²) < 4.78 is 2.81. The van der Waals surface area contributed by atoms with E-state index >= 15 is 0 Å². The van der Waals surface area contributed by atoms with E-state index in [0.29, 0.717) is 11.4 Å². The molecule has 1 N–H and O–H groups in total. The molecule has 1 aliphatic rings. The fraction of sp³-hybridized carbons (Fsp3) is 0.250. The number of rotatable bonds is 4. The van der Waals surface area contributed by atoms with Crippen molar-refractivity contribution in [3.8, 4) is 5.82 Å². The molecule has 0 unspecified atom stereocenters. The first kappa shape index (κ1) is 17.0. The molecule has 2 aromatic heterocycles. The molecule has 0 atom stereocenters. The van der Waals surface area contributed by atoms with Crippen LogP contribution in [0.1, 0.15) is 40.2 Å².